The van der Waals surface area contributed by atoms with Crippen LogP contribution in [0.4, 0.5) is 0 Å². The van der Waals surface area contributed by atoms with Crippen LogP contribution in [0.3, 0.4) is 0 Å². The average molecular weight is 316 g/mol. The summed E-state index contributed by atoms with van der Waals surface area (Å²) in [6.07, 6.45) is 0.965. The summed E-state index contributed by atoms with van der Waals surface area (Å²) in [6, 6.07) is 6.93. The highest BCUT2D eigenvalue weighted by atomic mass is 35.5. The molecule has 0 spiro atoms. The van der Waals surface area contributed by atoms with Gasteiger partial charge in [0.1, 0.15) is 5.75 Å². The minimum atomic E-state index is -0.222. The van der Waals surface area contributed by atoms with Crippen LogP contribution in [0.25, 0.3) is 0 Å². The molecule has 20 heavy (non-hydrogen) atoms. The normalized spacial score (nSPS) is 21.7. The third-order valence-corrected chi connectivity index (χ3v) is 4.77. The topological polar surface area (TPSA) is 47.6 Å². The van der Waals surface area contributed by atoms with Crippen molar-refractivity contribution in [2.45, 2.75) is 12.0 Å². The van der Waals surface area contributed by atoms with Gasteiger partial charge in [0.05, 0.1) is 5.60 Å². The molecular weight excluding hydrogens is 298 g/mol. The first-order valence-electron chi connectivity index (χ1n) is 6.41. The van der Waals surface area contributed by atoms with Crippen molar-refractivity contribution in [2.75, 3.05) is 31.8 Å². The molecule has 1 saturated heterocycles. The van der Waals surface area contributed by atoms with Crippen LogP contribution in [-0.4, -0.2) is 43.3 Å². The largest absolute Gasteiger partial charge is 0.484 e. The van der Waals surface area contributed by atoms with Crippen molar-refractivity contribution in [3.05, 3.63) is 29.3 Å². The van der Waals surface area contributed by atoms with Gasteiger partial charge in [-0.2, -0.15) is 11.8 Å². The van der Waals surface area contributed by atoms with E-state index < -0.39 is 0 Å². The number of amides is 1. The van der Waals surface area contributed by atoms with Crippen molar-refractivity contribution in [1.29, 1.82) is 0 Å². The molecule has 0 radical (unpaired) electrons. The predicted octanol–water partition coefficient (Wildman–Crippen LogP) is 2.36. The van der Waals surface area contributed by atoms with Crippen LogP contribution in [-0.2, 0) is 9.53 Å². The first-order chi connectivity index (χ1) is 9.63. The van der Waals surface area contributed by atoms with Gasteiger partial charge in [-0.15, -0.1) is 0 Å². The van der Waals surface area contributed by atoms with Gasteiger partial charge < -0.3 is 14.8 Å². The maximum atomic E-state index is 11.8. The zero-order valence-electron chi connectivity index (χ0n) is 11.4. The van der Waals surface area contributed by atoms with Gasteiger partial charge in [-0.25, -0.2) is 0 Å². The standard InChI is InChI=1S/C14H18ClNO3S/c1-18-14(6-7-20-10-14)9-16-13(17)8-19-12-4-2-11(15)3-5-12/h2-5H,6-10H2,1H3,(H,16,17)/t14-/m0/s1. The number of carbonyl (C=O) groups excluding carboxylic acids is 1. The summed E-state index contributed by atoms with van der Waals surface area (Å²) in [4.78, 5) is 11.8. The summed E-state index contributed by atoms with van der Waals surface area (Å²) in [5.74, 6) is 2.47. The highest BCUT2D eigenvalue weighted by Crippen LogP contribution is 2.30. The van der Waals surface area contributed by atoms with Gasteiger partial charge in [0.2, 0.25) is 0 Å². The van der Waals surface area contributed by atoms with Crippen molar-refractivity contribution in [3.63, 3.8) is 0 Å². The van der Waals surface area contributed by atoms with Gasteiger partial charge in [0.25, 0.3) is 5.91 Å². The van der Waals surface area contributed by atoms with E-state index in [0.717, 1.165) is 17.9 Å². The highest BCUT2D eigenvalue weighted by molar-refractivity contribution is 7.99. The molecule has 2 rings (SSSR count). The fraction of sp³-hybridized carbons (Fsp3) is 0.500. The van der Waals surface area contributed by atoms with Gasteiger partial charge in [-0.3, -0.25) is 4.79 Å². The smallest absolute Gasteiger partial charge is 0.258 e. The van der Waals surface area contributed by atoms with Crippen molar-refractivity contribution in [3.8, 4) is 5.75 Å². The number of halogens is 1. The SMILES string of the molecule is CO[C@]1(CNC(=O)COc2ccc(Cl)cc2)CCSC1. The lowest BCUT2D eigenvalue weighted by molar-refractivity contribution is -0.124. The minimum Gasteiger partial charge on any atom is -0.484 e. The summed E-state index contributed by atoms with van der Waals surface area (Å²) >= 11 is 7.63. The van der Waals surface area contributed by atoms with Crippen LogP contribution in [0.1, 0.15) is 6.42 Å². The number of benzene rings is 1. The molecule has 1 amide bonds. The fourth-order valence-electron chi connectivity index (χ4n) is 1.95. The van der Waals surface area contributed by atoms with E-state index in [9.17, 15) is 4.79 Å². The Morgan fingerprint density at radius 3 is 2.80 bits per heavy atom. The Morgan fingerprint density at radius 2 is 2.20 bits per heavy atom. The van der Waals surface area contributed by atoms with Crippen LogP contribution in [0.2, 0.25) is 5.02 Å². The molecule has 1 N–H and O–H groups in total. The zero-order chi connectivity index (χ0) is 14.4. The van der Waals surface area contributed by atoms with E-state index >= 15 is 0 Å². The number of carbonyl (C=O) groups is 1. The molecule has 110 valence electrons. The lowest BCUT2D eigenvalue weighted by Gasteiger charge is -2.26. The lowest BCUT2D eigenvalue weighted by Crippen LogP contribution is -2.45. The van der Waals surface area contributed by atoms with Crippen molar-refractivity contribution in [1.82, 2.24) is 5.32 Å². The van der Waals surface area contributed by atoms with Crippen LogP contribution < -0.4 is 10.1 Å². The molecule has 1 aliphatic rings. The highest BCUT2D eigenvalue weighted by Gasteiger charge is 2.34. The Labute approximate surface area is 128 Å². The van der Waals surface area contributed by atoms with E-state index in [1.165, 1.54) is 0 Å². The zero-order valence-corrected chi connectivity index (χ0v) is 12.9. The van der Waals surface area contributed by atoms with Crippen LogP contribution in [0.15, 0.2) is 24.3 Å². The Bertz CT molecular complexity index is 446. The molecule has 0 unspecified atom stereocenters. The third-order valence-electron chi connectivity index (χ3n) is 3.29. The molecule has 0 aromatic heterocycles. The van der Waals surface area contributed by atoms with E-state index in [1.54, 1.807) is 31.4 Å². The maximum absolute atomic E-state index is 11.8. The molecule has 1 fully saturated rings. The Hall–Kier alpha value is -0.910. The van der Waals surface area contributed by atoms with E-state index in [-0.39, 0.29) is 18.1 Å². The quantitative estimate of drug-likeness (QED) is 0.875. The second-order valence-corrected chi connectivity index (χ2v) is 6.25. The number of thioether (sulfide) groups is 1. The van der Waals surface area contributed by atoms with Crippen LogP contribution >= 0.6 is 23.4 Å². The number of methoxy groups -OCH3 is 1. The number of hydrogen-bond acceptors (Lipinski definition) is 4. The molecule has 1 atom stereocenters. The number of hydrogen-bond donors (Lipinski definition) is 1. The molecule has 0 bridgehead atoms. The molecule has 1 aromatic rings. The van der Waals surface area contributed by atoms with E-state index in [4.69, 9.17) is 21.1 Å². The molecular formula is C14H18ClNO3S. The summed E-state index contributed by atoms with van der Waals surface area (Å²) in [7, 11) is 1.70. The Morgan fingerprint density at radius 1 is 1.45 bits per heavy atom. The number of nitrogens with one attached hydrogen (secondary N) is 1. The van der Waals surface area contributed by atoms with E-state index in [2.05, 4.69) is 5.32 Å². The third kappa shape index (κ3) is 4.30. The number of ether oxygens (including phenoxy) is 2. The Balaban J connectivity index is 1.74. The molecule has 4 nitrogen and oxygen atoms in total. The van der Waals surface area contributed by atoms with Gasteiger partial charge in [0.15, 0.2) is 6.61 Å². The van der Waals surface area contributed by atoms with Crippen LogP contribution in [0.5, 0.6) is 5.75 Å². The molecule has 1 heterocycles. The Kier molecular flexibility index (Phi) is 5.57. The first kappa shape index (κ1) is 15.5. The maximum Gasteiger partial charge on any atom is 0.258 e. The fourth-order valence-corrected chi connectivity index (χ4v) is 3.47. The van der Waals surface area contributed by atoms with Crippen molar-refractivity contribution < 1.29 is 14.3 Å². The van der Waals surface area contributed by atoms with Gasteiger partial charge in [0, 0.05) is 24.4 Å². The van der Waals surface area contributed by atoms with Crippen molar-refractivity contribution >= 4 is 29.3 Å². The summed E-state index contributed by atoms with van der Waals surface area (Å²) in [6.45, 7) is 0.522. The van der Waals surface area contributed by atoms with Gasteiger partial charge in [-0.05, 0) is 36.4 Å². The first-order valence-corrected chi connectivity index (χ1v) is 7.95. The van der Waals surface area contributed by atoms with E-state index in [1.807, 2.05) is 11.8 Å². The summed E-state index contributed by atoms with van der Waals surface area (Å²) < 4.78 is 10.9. The van der Waals surface area contributed by atoms with E-state index in [0.29, 0.717) is 17.3 Å². The molecule has 0 saturated carbocycles. The molecule has 6 heteroatoms. The molecule has 1 aromatic carbocycles. The van der Waals surface area contributed by atoms with Gasteiger partial charge in [-0.1, -0.05) is 11.6 Å². The second-order valence-electron chi connectivity index (χ2n) is 4.71. The molecule has 1 aliphatic heterocycles. The predicted molar refractivity (Wildman–Crippen MR) is 81.6 cm³/mol. The number of rotatable bonds is 6. The molecule has 0 aliphatic carbocycles. The monoisotopic (exact) mass is 315 g/mol. The van der Waals surface area contributed by atoms with Crippen LogP contribution in [0, 0.1) is 0 Å². The lowest BCUT2D eigenvalue weighted by atomic mass is 10.0. The van der Waals surface area contributed by atoms with Crippen molar-refractivity contribution in [2.24, 2.45) is 0 Å². The second kappa shape index (κ2) is 7.20. The summed E-state index contributed by atoms with van der Waals surface area (Å²) in [5.41, 5.74) is -0.222. The average Bonchev–Trinajstić information content (AvgIpc) is 2.94. The summed E-state index contributed by atoms with van der Waals surface area (Å²) in [5, 5.41) is 3.51. The van der Waals surface area contributed by atoms with Gasteiger partial charge >= 0.3 is 0 Å². The minimum absolute atomic E-state index is 0.00539.